The van der Waals surface area contributed by atoms with Crippen LogP contribution in [0.1, 0.15) is 38.5 Å². The topological polar surface area (TPSA) is 6.48 Å². The Balaban J connectivity index is 0.000000845. The molecule has 0 N–H and O–H groups in total. The first-order valence-corrected chi connectivity index (χ1v) is 5.46. The van der Waals surface area contributed by atoms with Crippen molar-refractivity contribution in [2.75, 3.05) is 26.2 Å². The third kappa shape index (κ3) is 3.25. The first-order chi connectivity index (χ1) is 5.97. The molecule has 0 aromatic heterocycles. The van der Waals surface area contributed by atoms with Crippen molar-refractivity contribution in [2.24, 2.45) is 0 Å². The summed E-state index contributed by atoms with van der Waals surface area (Å²) in [5, 5.41) is 5.17. The van der Waals surface area contributed by atoms with E-state index in [9.17, 15) is 0 Å². The van der Waals surface area contributed by atoms with Gasteiger partial charge in [-0.15, -0.1) is 0 Å². The van der Waals surface area contributed by atoms with Gasteiger partial charge in [0.05, 0.1) is 0 Å². The molecule has 3 heteroatoms. The average Bonchev–Trinajstić information content (AvgIpc) is 2.21. The molecular formula is C10H20MnN2. The standard InChI is InChI=1S/C10H20N2.Mn/c1-3-7-11(8-4-1)12-9-5-2-6-10-12;/h1-10H2;. The van der Waals surface area contributed by atoms with Crippen LogP contribution in [0.4, 0.5) is 0 Å². The monoisotopic (exact) mass is 223 g/mol. The number of piperidine rings is 2. The van der Waals surface area contributed by atoms with Crippen LogP contribution in [0.25, 0.3) is 0 Å². The van der Waals surface area contributed by atoms with E-state index in [2.05, 4.69) is 10.0 Å². The molecule has 2 nitrogen and oxygen atoms in total. The van der Waals surface area contributed by atoms with Crippen LogP contribution in [-0.2, 0) is 17.1 Å². The molecule has 1 radical (unpaired) electrons. The number of hydrogen-bond acceptors (Lipinski definition) is 2. The molecule has 0 atom stereocenters. The zero-order valence-corrected chi connectivity index (χ0v) is 9.52. The van der Waals surface area contributed by atoms with E-state index < -0.39 is 0 Å². The predicted octanol–water partition coefficient (Wildman–Crippen LogP) is 1.87. The first kappa shape index (κ1) is 11.5. The molecule has 2 heterocycles. The van der Waals surface area contributed by atoms with Gasteiger partial charge in [-0.2, -0.15) is 0 Å². The van der Waals surface area contributed by atoms with Crippen LogP contribution in [0.15, 0.2) is 0 Å². The van der Waals surface area contributed by atoms with Gasteiger partial charge in [-0.25, -0.2) is 10.0 Å². The Bertz CT molecular complexity index is 113. The van der Waals surface area contributed by atoms with Crippen molar-refractivity contribution in [2.45, 2.75) is 38.5 Å². The minimum atomic E-state index is 0. The van der Waals surface area contributed by atoms with E-state index in [4.69, 9.17) is 0 Å². The zero-order chi connectivity index (χ0) is 8.23. The van der Waals surface area contributed by atoms with E-state index in [1.54, 1.807) is 0 Å². The molecule has 0 bridgehead atoms. The van der Waals surface area contributed by atoms with Crippen LogP contribution in [0.3, 0.4) is 0 Å². The predicted molar refractivity (Wildman–Crippen MR) is 50.8 cm³/mol. The van der Waals surface area contributed by atoms with E-state index >= 15 is 0 Å². The summed E-state index contributed by atoms with van der Waals surface area (Å²) in [6.07, 6.45) is 8.55. The second kappa shape index (κ2) is 6.02. The maximum Gasteiger partial charge on any atom is 0.0133 e. The molecule has 0 aromatic rings. The van der Waals surface area contributed by atoms with Gasteiger partial charge in [0.2, 0.25) is 0 Å². The summed E-state index contributed by atoms with van der Waals surface area (Å²) in [4.78, 5) is 0. The quantitative estimate of drug-likeness (QED) is 0.626. The molecule has 2 aliphatic rings. The Morgan fingerprint density at radius 3 is 1.08 bits per heavy atom. The van der Waals surface area contributed by atoms with Gasteiger partial charge in [0.25, 0.3) is 0 Å². The first-order valence-electron chi connectivity index (χ1n) is 5.46. The van der Waals surface area contributed by atoms with Crippen molar-refractivity contribution in [1.29, 1.82) is 0 Å². The summed E-state index contributed by atoms with van der Waals surface area (Å²) in [5.41, 5.74) is 0. The SMILES string of the molecule is C1CCN(N2CCCCC2)CC1.[Mn]. The third-order valence-electron chi connectivity index (χ3n) is 3.06. The Hall–Kier alpha value is 0.439. The molecule has 0 aromatic carbocycles. The van der Waals surface area contributed by atoms with Crippen molar-refractivity contribution in [3.63, 3.8) is 0 Å². The van der Waals surface area contributed by atoms with Crippen LogP contribution in [0.2, 0.25) is 0 Å². The molecule has 0 amide bonds. The van der Waals surface area contributed by atoms with Crippen molar-refractivity contribution in [3.05, 3.63) is 0 Å². The molecule has 0 saturated carbocycles. The minimum absolute atomic E-state index is 0. The normalized spacial score (nSPS) is 26.8. The number of hydrazine groups is 1. The van der Waals surface area contributed by atoms with Crippen LogP contribution in [0, 0.1) is 0 Å². The maximum absolute atomic E-state index is 2.59. The van der Waals surface area contributed by atoms with E-state index in [-0.39, 0.29) is 17.1 Å². The van der Waals surface area contributed by atoms with Gasteiger partial charge in [0.15, 0.2) is 0 Å². The summed E-state index contributed by atoms with van der Waals surface area (Å²) < 4.78 is 0. The summed E-state index contributed by atoms with van der Waals surface area (Å²) >= 11 is 0. The van der Waals surface area contributed by atoms with Gasteiger partial charge >= 0.3 is 0 Å². The van der Waals surface area contributed by atoms with E-state index in [1.807, 2.05) is 0 Å². The molecule has 2 saturated heterocycles. The van der Waals surface area contributed by atoms with Crippen LogP contribution in [-0.4, -0.2) is 36.2 Å². The summed E-state index contributed by atoms with van der Waals surface area (Å²) in [6, 6.07) is 0. The molecule has 77 valence electrons. The summed E-state index contributed by atoms with van der Waals surface area (Å²) in [7, 11) is 0. The van der Waals surface area contributed by atoms with Gasteiger partial charge in [-0.1, -0.05) is 12.8 Å². The maximum atomic E-state index is 2.59. The Morgan fingerprint density at radius 2 is 0.769 bits per heavy atom. The number of nitrogens with zero attached hydrogens (tertiary/aromatic N) is 2. The summed E-state index contributed by atoms with van der Waals surface area (Å²) in [5.74, 6) is 0. The molecule has 13 heavy (non-hydrogen) atoms. The van der Waals surface area contributed by atoms with Crippen molar-refractivity contribution >= 4 is 0 Å². The fraction of sp³-hybridized carbons (Fsp3) is 1.00. The molecule has 0 aliphatic carbocycles. The molecule has 2 aliphatic heterocycles. The number of rotatable bonds is 1. The van der Waals surface area contributed by atoms with Gasteiger partial charge in [-0.3, -0.25) is 0 Å². The second-order valence-corrected chi connectivity index (χ2v) is 4.03. The van der Waals surface area contributed by atoms with Crippen molar-refractivity contribution in [1.82, 2.24) is 10.0 Å². The van der Waals surface area contributed by atoms with E-state index in [0.29, 0.717) is 0 Å². The zero-order valence-electron chi connectivity index (χ0n) is 8.34. The molecule has 2 rings (SSSR count). The van der Waals surface area contributed by atoms with Gasteiger partial charge in [-0.05, 0) is 25.7 Å². The summed E-state index contributed by atoms with van der Waals surface area (Å²) in [6.45, 7) is 5.28. The molecule has 2 fully saturated rings. The molecule has 0 spiro atoms. The second-order valence-electron chi connectivity index (χ2n) is 4.03. The fourth-order valence-electron chi connectivity index (χ4n) is 2.32. The fourth-order valence-corrected chi connectivity index (χ4v) is 2.32. The van der Waals surface area contributed by atoms with Gasteiger partial charge < -0.3 is 0 Å². The van der Waals surface area contributed by atoms with Crippen LogP contribution >= 0.6 is 0 Å². The third-order valence-corrected chi connectivity index (χ3v) is 3.06. The van der Waals surface area contributed by atoms with E-state index in [0.717, 1.165) is 0 Å². The van der Waals surface area contributed by atoms with Crippen LogP contribution in [0.5, 0.6) is 0 Å². The van der Waals surface area contributed by atoms with Gasteiger partial charge in [0.1, 0.15) is 0 Å². The van der Waals surface area contributed by atoms with Gasteiger partial charge in [0, 0.05) is 43.2 Å². The Kier molecular flexibility index (Phi) is 5.33. The van der Waals surface area contributed by atoms with Crippen molar-refractivity contribution < 1.29 is 17.1 Å². The van der Waals surface area contributed by atoms with Crippen molar-refractivity contribution in [3.8, 4) is 0 Å². The average molecular weight is 223 g/mol. The largest absolute Gasteiger partial charge is 0.242 e. The minimum Gasteiger partial charge on any atom is -0.242 e. The Morgan fingerprint density at radius 1 is 0.462 bits per heavy atom. The Labute approximate surface area is 92.1 Å². The van der Waals surface area contributed by atoms with E-state index in [1.165, 1.54) is 64.7 Å². The number of hydrogen-bond donors (Lipinski definition) is 0. The smallest absolute Gasteiger partial charge is 0.0133 e. The van der Waals surface area contributed by atoms with Crippen LogP contribution < -0.4 is 0 Å². The molecular weight excluding hydrogens is 203 g/mol. The molecule has 0 unspecified atom stereocenters.